The molecular formula is C59H98N2. The molecule has 344 valence electrons. The van der Waals surface area contributed by atoms with Crippen LogP contribution in [0.4, 0.5) is 0 Å². The van der Waals surface area contributed by atoms with Crippen LogP contribution in [0.2, 0.25) is 0 Å². The van der Waals surface area contributed by atoms with Crippen LogP contribution in [0.5, 0.6) is 0 Å². The molecule has 0 amide bonds. The monoisotopic (exact) mass is 835 g/mol. The van der Waals surface area contributed by atoms with Crippen LogP contribution in [-0.4, -0.2) is 37.1 Å². The zero-order valence-corrected chi connectivity index (χ0v) is 41.5. The number of hydrogen-bond donors (Lipinski definition) is 1. The molecule has 2 aliphatic carbocycles. The lowest BCUT2D eigenvalue weighted by Crippen LogP contribution is -2.41. The molecular weight excluding hydrogens is 737 g/mol. The molecule has 3 atom stereocenters. The maximum Gasteiger partial charge on any atom is 0.0192 e. The van der Waals surface area contributed by atoms with Gasteiger partial charge in [0.15, 0.2) is 0 Å². The van der Waals surface area contributed by atoms with E-state index in [-0.39, 0.29) is 0 Å². The predicted octanol–water partition coefficient (Wildman–Crippen LogP) is 17.8. The van der Waals surface area contributed by atoms with Gasteiger partial charge < -0.3 is 5.32 Å². The fourth-order valence-corrected chi connectivity index (χ4v) is 9.04. The summed E-state index contributed by atoms with van der Waals surface area (Å²) in [7, 11) is 0. The quantitative estimate of drug-likeness (QED) is 0.0389. The molecule has 1 N–H and O–H groups in total. The van der Waals surface area contributed by atoms with Crippen LogP contribution in [0.25, 0.3) is 0 Å². The van der Waals surface area contributed by atoms with Crippen molar-refractivity contribution in [2.75, 3.05) is 26.2 Å². The molecule has 0 radical (unpaired) electrons. The maximum absolute atomic E-state index is 4.52. The van der Waals surface area contributed by atoms with Gasteiger partial charge in [-0.3, -0.25) is 4.90 Å². The summed E-state index contributed by atoms with van der Waals surface area (Å²) in [4.78, 5) is 2.63. The molecule has 2 rings (SSSR count). The van der Waals surface area contributed by atoms with Crippen molar-refractivity contribution in [1.82, 2.24) is 10.2 Å². The average Bonchev–Trinajstić information content (AvgIpc) is 3.23. The topological polar surface area (TPSA) is 15.3 Å². The molecule has 0 spiro atoms. The Balaban J connectivity index is 1.52. The molecule has 2 aliphatic rings. The van der Waals surface area contributed by atoms with Crippen molar-refractivity contribution in [3.63, 3.8) is 0 Å². The Morgan fingerprint density at radius 2 is 1.31 bits per heavy atom. The van der Waals surface area contributed by atoms with Crippen LogP contribution in [0.3, 0.4) is 0 Å². The average molecular weight is 835 g/mol. The number of rotatable bonds is 35. The zero-order valence-electron chi connectivity index (χ0n) is 41.5. The Morgan fingerprint density at radius 1 is 0.689 bits per heavy atom. The smallest absolute Gasteiger partial charge is 0.0192 e. The molecule has 0 aromatic rings. The van der Waals surface area contributed by atoms with Gasteiger partial charge in [-0.15, -0.1) is 6.58 Å². The molecule has 61 heavy (non-hydrogen) atoms. The molecule has 0 bridgehead atoms. The second-order valence-corrected chi connectivity index (χ2v) is 19.7. The van der Waals surface area contributed by atoms with Crippen molar-refractivity contribution < 1.29 is 0 Å². The van der Waals surface area contributed by atoms with E-state index >= 15 is 0 Å². The van der Waals surface area contributed by atoms with Gasteiger partial charge in [-0.2, -0.15) is 0 Å². The second-order valence-electron chi connectivity index (χ2n) is 19.7. The third kappa shape index (κ3) is 28.6. The van der Waals surface area contributed by atoms with Gasteiger partial charge >= 0.3 is 0 Å². The first-order chi connectivity index (χ1) is 29.5. The first-order valence-corrected chi connectivity index (χ1v) is 25.5. The molecule has 0 aromatic heterocycles. The Kier molecular flexibility index (Phi) is 31.0. The van der Waals surface area contributed by atoms with Crippen LogP contribution in [0.15, 0.2) is 119 Å². The number of unbranched alkanes of at least 4 members (excludes halogenated alkanes) is 5. The van der Waals surface area contributed by atoms with Crippen molar-refractivity contribution >= 4 is 0 Å². The van der Waals surface area contributed by atoms with Crippen LogP contribution in [0.1, 0.15) is 209 Å². The summed E-state index contributed by atoms with van der Waals surface area (Å²) in [6, 6.07) is 0.514. The number of nitrogens with zero attached hydrogens (tertiary/aromatic N) is 1. The molecule has 0 fully saturated rings. The normalized spacial score (nSPS) is 17.9. The van der Waals surface area contributed by atoms with Gasteiger partial charge in [-0.25, -0.2) is 0 Å². The van der Waals surface area contributed by atoms with Gasteiger partial charge in [0, 0.05) is 25.7 Å². The highest BCUT2D eigenvalue weighted by atomic mass is 15.2. The first-order valence-electron chi connectivity index (χ1n) is 25.5. The SMILES string of the molecule is C=CCCN(CCC(=C)/C=C\CCCC(=C)C1CC=C(CC/C=C(\C)CCC=C(C)C)CC1)C(C)CNCCCCCCCC1CC=C(CC/C=C(\C)CCC=C(C)C)CC1. The second kappa shape index (κ2) is 34.8. The molecule has 0 saturated heterocycles. The summed E-state index contributed by atoms with van der Waals surface area (Å²) in [5.41, 5.74) is 12.0. The maximum atomic E-state index is 4.52. The molecule has 0 heterocycles. The summed E-state index contributed by atoms with van der Waals surface area (Å²) in [6.07, 6.45) is 52.8. The fourth-order valence-electron chi connectivity index (χ4n) is 9.04. The van der Waals surface area contributed by atoms with Crippen molar-refractivity contribution in [3.05, 3.63) is 119 Å². The lowest BCUT2D eigenvalue weighted by Gasteiger charge is -2.29. The van der Waals surface area contributed by atoms with E-state index in [0.717, 1.165) is 57.8 Å². The number of allylic oxidation sites excluding steroid dienone is 15. The summed E-state index contributed by atoms with van der Waals surface area (Å²) in [6.45, 7) is 33.0. The minimum absolute atomic E-state index is 0.514. The lowest BCUT2D eigenvalue weighted by molar-refractivity contribution is 0.210. The van der Waals surface area contributed by atoms with Gasteiger partial charge in [-0.05, 0) is 195 Å². The highest BCUT2D eigenvalue weighted by molar-refractivity contribution is 5.16. The molecule has 2 heteroatoms. The third-order valence-corrected chi connectivity index (χ3v) is 13.4. The molecule has 0 aliphatic heterocycles. The predicted molar refractivity (Wildman–Crippen MR) is 276 cm³/mol. The highest BCUT2D eigenvalue weighted by Gasteiger charge is 2.17. The lowest BCUT2D eigenvalue weighted by atomic mass is 9.82. The van der Waals surface area contributed by atoms with E-state index in [2.05, 4.69) is 133 Å². The van der Waals surface area contributed by atoms with Gasteiger partial charge in [-0.1, -0.05) is 145 Å². The van der Waals surface area contributed by atoms with Crippen LogP contribution >= 0.6 is 0 Å². The van der Waals surface area contributed by atoms with Crippen molar-refractivity contribution in [1.29, 1.82) is 0 Å². The van der Waals surface area contributed by atoms with Gasteiger partial charge in [0.2, 0.25) is 0 Å². The van der Waals surface area contributed by atoms with E-state index in [0.29, 0.717) is 12.0 Å². The van der Waals surface area contributed by atoms with Gasteiger partial charge in [0.1, 0.15) is 0 Å². The summed E-state index contributed by atoms with van der Waals surface area (Å²) in [5, 5.41) is 3.78. The molecule has 0 saturated carbocycles. The minimum atomic E-state index is 0.514. The third-order valence-electron chi connectivity index (χ3n) is 13.4. The fraction of sp³-hybridized carbons (Fsp3) is 0.661. The van der Waals surface area contributed by atoms with E-state index < -0.39 is 0 Å². The highest BCUT2D eigenvalue weighted by Crippen LogP contribution is 2.33. The van der Waals surface area contributed by atoms with Crippen LogP contribution in [-0.2, 0) is 0 Å². The first kappa shape index (κ1) is 54.5. The van der Waals surface area contributed by atoms with Crippen molar-refractivity contribution in [2.24, 2.45) is 11.8 Å². The Labute approximate surface area is 380 Å². The van der Waals surface area contributed by atoms with E-state index in [4.69, 9.17) is 0 Å². The van der Waals surface area contributed by atoms with Crippen molar-refractivity contribution in [2.45, 2.75) is 215 Å². The molecule has 3 unspecified atom stereocenters. The van der Waals surface area contributed by atoms with Crippen LogP contribution < -0.4 is 5.32 Å². The van der Waals surface area contributed by atoms with E-state index in [1.54, 1.807) is 16.7 Å². The van der Waals surface area contributed by atoms with Crippen molar-refractivity contribution in [3.8, 4) is 0 Å². The summed E-state index contributed by atoms with van der Waals surface area (Å²) < 4.78 is 0. The summed E-state index contributed by atoms with van der Waals surface area (Å²) >= 11 is 0. The number of hydrogen-bond acceptors (Lipinski definition) is 2. The van der Waals surface area contributed by atoms with E-state index in [1.807, 2.05) is 0 Å². The number of nitrogens with one attached hydrogen (secondary N) is 1. The van der Waals surface area contributed by atoms with E-state index in [9.17, 15) is 0 Å². The van der Waals surface area contributed by atoms with Gasteiger partial charge in [0.05, 0.1) is 0 Å². The van der Waals surface area contributed by atoms with Crippen LogP contribution in [0, 0.1) is 11.8 Å². The Morgan fingerprint density at radius 3 is 1.90 bits per heavy atom. The standard InChI is InChI=1S/C59H98N2/c1-11-12-46-61(47-44-53(8)27-17-16-18-32-54(9)59-42-40-58(41-43-59)35-24-31-52(7)29-22-26-50(4)5)55(10)48-60-45-20-15-13-14-19-33-56-36-38-57(39-37-56)34-23-30-51(6)28-21-25-49(2)3/h11,17,25-27,30-31,38,40,55-56,59-60H,1,8-9,12-16,18-24,28-29,32-37,39,41-48H2,2-7,10H3/b27-17-,51-30+,52-31+. The molecule has 2 nitrogen and oxygen atoms in total. The van der Waals surface area contributed by atoms with Gasteiger partial charge in [0.25, 0.3) is 0 Å². The molecule has 0 aromatic carbocycles. The Hall–Kier alpha value is -2.68. The largest absolute Gasteiger partial charge is 0.315 e. The van der Waals surface area contributed by atoms with E-state index in [1.165, 1.54) is 163 Å². The summed E-state index contributed by atoms with van der Waals surface area (Å²) in [5.74, 6) is 1.60. The Bertz CT molecular complexity index is 1450. The zero-order chi connectivity index (χ0) is 44.5. The minimum Gasteiger partial charge on any atom is -0.315 e.